The van der Waals surface area contributed by atoms with Crippen molar-refractivity contribution in [2.75, 3.05) is 13.1 Å². The molecule has 1 saturated heterocycles. The molecule has 2 heterocycles. The summed E-state index contributed by atoms with van der Waals surface area (Å²) in [5.41, 5.74) is 5.43. The molecule has 0 unspecified atom stereocenters. The van der Waals surface area contributed by atoms with Crippen LogP contribution in [-0.4, -0.2) is 42.8 Å². The van der Waals surface area contributed by atoms with Crippen LogP contribution in [0.2, 0.25) is 5.02 Å². The molecule has 29 heavy (non-hydrogen) atoms. The number of carbonyl (C=O) groups is 2. The molecule has 3 rings (SSSR count). The summed E-state index contributed by atoms with van der Waals surface area (Å²) in [5, 5.41) is 4.20. The largest absolute Gasteiger partial charge is 0.360 e. The fourth-order valence-corrected chi connectivity index (χ4v) is 5.11. The minimum atomic E-state index is -3.73. The summed E-state index contributed by atoms with van der Waals surface area (Å²) in [6.45, 7) is 3.51. The van der Waals surface area contributed by atoms with Gasteiger partial charge in [-0.15, -0.1) is 0 Å². The van der Waals surface area contributed by atoms with Crippen molar-refractivity contribution in [2.45, 2.75) is 31.6 Å². The third-order valence-electron chi connectivity index (χ3n) is 4.80. The molecule has 2 N–H and O–H groups in total. The Bertz CT molecular complexity index is 992. The van der Waals surface area contributed by atoms with Crippen LogP contribution in [0.1, 0.15) is 34.7 Å². The number of hydrogen-bond acceptors (Lipinski definition) is 6. The normalized spacial score (nSPS) is 15.8. The quantitative estimate of drug-likeness (QED) is 0.699. The number of piperidine rings is 1. The number of hydrazine groups is 1. The Morgan fingerprint density at radius 2 is 1.76 bits per heavy atom. The molecule has 0 saturated carbocycles. The minimum Gasteiger partial charge on any atom is -0.360 e. The van der Waals surface area contributed by atoms with Gasteiger partial charge in [-0.2, -0.15) is 4.31 Å². The first-order chi connectivity index (χ1) is 13.7. The molecule has 0 atom stereocenters. The average Bonchev–Trinajstić information content (AvgIpc) is 3.05. The highest BCUT2D eigenvalue weighted by molar-refractivity contribution is 7.89. The number of nitrogens with zero attached hydrogens (tertiary/aromatic N) is 2. The van der Waals surface area contributed by atoms with E-state index in [9.17, 15) is 18.0 Å². The zero-order valence-electron chi connectivity index (χ0n) is 15.9. The maximum absolute atomic E-state index is 12.8. The summed E-state index contributed by atoms with van der Waals surface area (Å²) in [4.78, 5) is 24.5. The van der Waals surface area contributed by atoms with Crippen molar-refractivity contribution in [3.05, 3.63) is 46.3 Å². The lowest BCUT2D eigenvalue weighted by atomic mass is 9.98. The number of carbonyl (C=O) groups excluding carboxylic acids is 2. The number of sulfonamides is 1. The van der Waals surface area contributed by atoms with Crippen LogP contribution < -0.4 is 10.9 Å². The SMILES string of the molecule is Cc1noc(C)c1S(=O)(=O)N1CCC(C(=O)NNC(=O)c2ccc(Cl)cc2)CC1. The van der Waals surface area contributed by atoms with Gasteiger partial charge in [0.05, 0.1) is 0 Å². The highest BCUT2D eigenvalue weighted by Gasteiger charge is 2.35. The Balaban J connectivity index is 1.54. The number of nitrogens with one attached hydrogen (secondary N) is 2. The summed E-state index contributed by atoms with van der Waals surface area (Å²) in [5.74, 6) is -0.987. The summed E-state index contributed by atoms with van der Waals surface area (Å²) in [6.07, 6.45) is 0.677. The Morgan fingerprint density at radius 1 is 1.14 bits per heavy atom. The fraction of sp³-hybridized carbons (Fsp3) is 0.389. The highest BCUT2D eigenvalue weighted by Crippen LogP contribution is 2.27. The van der Waals surface area contributed by atoms with Gasteiger partial charge in [0, 0.05) is 29.6 Å². The predicted molar refractivity (Wildman–Crippen MR) is 105 cm³/mol. The first kappa shape index (κ1) is 21.3. The van der Waals surface area contributed by atoms with E-state index in [1.165, 1.54) is 4.31 Å². The van der Waals surface area contributed by atoms with Crippen molar-refractivity contribution in [2.24, 2.45) is 5.92 Å². The van der Waals surface area contributed by atoms with Gasteiger partial charge in [0.15, 0.2) is 5.76 Å². The molecule has 0 radical (unpaired) electrons. The van der Waals surface area contributed by atoms with E-state index in [0.29, 0.717) is 29.1 Å². The van der Waals surface area contributed by atoms with Crippen LogP contribution in [0, 0.1) is 19.8 Å². The van der Waals surface area contributed by atoms with Crippen LogP contribution in [0.4, 0.5) is 0 Å². The van der Waals surface area contributed by atoms with Crippen LogP contribution in [-0.2, 0) is 14.8 Å². The molecule has 0 aliphatic carbocycles. The second-order valence-corrected chi connectivity index (χ2v) is 9.09. The highest BCUT2D eigenvalue weighted by atomic mass is 35.5. The summed E-state index contributed by atoms with van der Waals surface area (Å²) >= 11 is 5.78. The molecule has 9 nitrogen and oxygen atoms in total. The topological polar surface area (TPSA) is 122 Å². The first-order valence-electron chi connectivity index (χ1n) is 8.99. The van der Waals surface area contributed by atoms with Crippen molar-refractivity contribution in [3.63, 3.8) is 0 Å². The van der Waals surface area contributed by atoms with E-state index >= 15 is 0 Å². The zero-order chi connectivity index (χ0) is 21.2. The van der Waals surface area contributed by atoms with E-state index in [1.54, 1.807) is 38.1 Å². The van der Waals surface area contributed by atoms with Gasteiger partial charge in [0.25, 0.3) is 5.91 Å². The number of aryl methyl sites for hydroxylation is 2. The van der Waals surface area contributed by atoms with Crippen molar-refractivity contribution in [1.82, 2.24) is 20.3 Å². The van der Waals surface area contributed by atoms with Gasteiger partial charge in [0.1, 0.15) is 10.6 Å². The zero-order valence-corrected chi connectivity index (χ0v) is 17.5. The molecule has 2 amide bonds. The second kappa shape index (κ2) is 8.52. The lowest BCUT2D eigenvalue weighted by Gasteiger charge is -2.30. The van der Waals surface area contributed by atoms with Gasteiger partial charge in [-0.1, -0.05) is 16.8 Å². The minimum absolute atomic E-state index is 0.0793. The molecule has 1 aromatic heterocycles. The molecule has 1 aliphatic rings. The molecule has 11 heteroatoms. The lowest BCUT2D eigenvalue weighted by molar-refractivity contribution is -0.126. The maximum Gasteiger partial charge on any atom is 0.269 e. The standard InChI is InChI=1S/C18H21ClN4O5S/c1-11-16(12(2)28-22-11)29(26,27)23-9-7-14(8-10-23)18(25)21-20-17(24)13-3-5-15(19)6-4-13/h3-6,14H,7-10H2,1-2H3,(H,20,24)(H,21,25). The number of halogens is 1. The number of hydrogen-bond donors (Lipinski definition) is 2. The number of aromatic nitrogens is 1. The van der Waals surface area contributed by atoms with Crippen LogP contribution in [0.15, 0.2) is 33.7 Å². The Morgan fingerprint density at radius 3 is 2.31 bits per heavy atom. The van der Waals surface area contributed by atoms with Gasteiger partial charge in [-0.3, -0.25) is 20.4 Å². The molecule has 2 aromatic rings. The molecular weight excluding hydrogens is 420 g/mol. The molecule has 1 fully saturated rings. The van der Waals surface area contributed by atoms with E-state index < -0.39 is 21.8 Å². The average molecular weight is 441 g/mol. The van der Waals surface area contributed by atoms with Crippen molar-refractivity contribution < 1.29 is 22.5 Å². The predicted octanol–water partition coefficient (Wildman–Crippen LogP) is 1.81. The van der Waals surface area contributed by atoms with Gasteiger partial charge in [-0.25, -0.2) is 8.42 Å². The Kier molecular flexibility index (Phi) is 6.25. The Labute approximate surface area is 173 Å². The van der Waals surface area contributed by atoms with E-state index in [-0.39, 0.29) is 29.7 Å². The van der Waals surface area contributed by atoms with E-state index in [2.05, 4.69) is 16.0 Å². The molecular formula is C18H21ClN4O5S. The van der Waals surface area contributed by atoms with Crippen LogP contribution in [0.5, 0.6) is 0 Å². The van der Waals surface area contributed by atoms with Crippen molar-refractivity contribution in [1.29, 1.82) is 0 Å². The summed E-state index contributed by atoms with van der Waals surface area (Å²) in [7, 11) is -3.73. The number of benzene rings is 1. The van der Waals surface area contributed by atoms with E-state index in [0.717, 1.165) is 0 Å². The molecule has 156 valence electrons. The van der Waals surface area contributed by atoms with Gasteiger partial charge < -0.3 is 4.52 Å². The van der Waals surface area contributed by atoms with Gasteiger partial charge in [-0.05, 0) is 51.0 Å². The maximum atomic E-state index is 12.8. The van der Waals surface area contributed by atoms with Crippen LogP contribution in [0.3, 0.4) is 0 Å². The molecule has 1 aromatic carbocycles. The smallest absolute Gasteiger partial charge is 0.269 e. The lowest BCUT2D eigenvalue weighted by Crippen LogP contribution is -2.48. The third kappa shape index (κ3) is 4.60. The number of rotatable bonds is 4. The van der Waals surface area contributed by atoms with Crippen LogP contribution in [0.25, 0.3) is 0 Å². The summed E-state index contributed by atoms with van der Waals surface area (Å²) < 4.78 is 31.9. The van der Waals surface area contributed by atoms with E-state index in [1.807, 2.05) is 0 Å². The first-order valence-corrected chi connectivity index (χ1v) is 10.8. The number of amides is 2. The monoisotopic (exact) mass is 440 g/mol. The second-order valence-electron chi connectivity index (χ2n) is 6.78. The van der Waals surface area contributed by atoms with Crippen molar-refractivity contribution in [3.8, 4) is 0 Å². The van der Waals surface area contributed by atoms with Crippen molar-refractivity contribution >= 4 is 33.4 Å². The van der Waals surface area contributed by atoms with E-state index in [4.69, 9.17) is 16.1 Å². The van der Waals surface area contributed by atoms with Gasteiger partial charge in [0.2, 0.25) is 15.9 Å². The molecule has 0 spiro atoms. The summed E-state index contributed by atoms with van der Waals surface area (Å²) in [6, 6.07) is 6.24. The Hall–Kier alpha value is -2.43. The molecule has 0 bridgehead atoms. The van der Waals surface area contributed by atoms with Gasteiger partial charge >= 0.3 is 0 Å². The molecule has 1 aliphatic heterocycles. The van der Waals surface area contributed by atoms with Crippen LogP contribution >= 0.6 is 11.6 Å². The fourth-order valence-electron chi connectivity index (χ4n) is 3.22. The third-order valence-corrected chi connectivity index (χ3v) is 7.19.